The Labute approximate surface area is 126 Å². The van der Waals surface area contributed by atoms with Crippen molar-refractivity contribution in [2.75, 3.05) is 18.6 Å². The van der Waals surface area contributed by atoms with Crippen LogP contribution in [0.1, 0.15) is 12.0 Å². The highest BCUT2D eigenvalue weighted by Gasteiger charge is 2.24. The average molecular weight is 365 g/mol. The van der Waals surface area contributed by atoms with Gasteiger partial charge in [0, 0.05) is 22.8 Å². The Bertz CT molecular complexity index is 543. The van der Waals surface area contributed by atoms with Crippen LogP contribution in [-0.2, 0) is 16.6 Å². The number of thioether (sulfide) groups is 1. The molecule has 1 saturated heterocycles. The molecule has 1 atom stereocenters. The highest BCUT2D eigenvalue weighted by molar-refractivity contribution is 9.10. The Balaban J connectivity index is 2.19. The molecule has 0 amide bonds. The molecule has 1 unspecified atom stereocenters. The number of nitrogens with one attached hydrogen (secondary N) is 2. The molecule has 1 aliphatic rings. The lowest BCUT2D eigenvalue weighted by molar-refractivity contribution is 0.562. The van der Waals surface area contributed by atoms with Crippen LogP contribution in [0.25, 0.3) is 0 Å². The second kappa shape index (κ2) is 6.58. The van der Waals surface area contributed by atoms with E-state index in [4.69, 9.17) is 0 Å². The third kappa shape index (κ3) is 3.95. The molecule has 2 N–H and O–H groups in total. The van der Waals surface area contributed by atoms with E-state index in [2.05, 4.69) is 26.0 Å². The second-order valence-electron chi connectivity index (χ2n) is 4.48. The molecule has 106 valence electrons. The maximum absolute atomic E-state index is 12.3. The Morgan fingerprint density at radius 3 is 2.84 bits per heavy atom. The third-order valence-corrected chi connectivity index (χ3v) is 6.58. The van der Waals surface area contributed by atoms with E-state index in [0.717, 1.165) is 23.5 Å². The maximum atomic E-state index is 12.3. The van der Waals surface area contributed by atoms with Gasteiger partial charge in [0.15, 0.2) is 0 Å². The fourth-order valence-electron chi connectivity index (χ4n) is 1.99. The van der Waals surface area contributed by atoms with Crippen molar-refractivity contribution in [2.45, 2.75) is 23.9 Å². The van der Waals surface area contributed by atoms with Gasteiger partial charge in [0.25, 0.3) is 0 Å². The van der Waals surface area contributed by atoms with E-state index >= 15 is 0 Å². The van der Waals surface area contributed by atoms with Gasteiger partial charge in [-0.1, -0.05) is 6.07 Å². The number of hydrogen-bond donors (Lipinski definition) is 2. The number of sulfonamides is 1. The van der Waals surface area contributed by atoms with Gasteiger partial charge in [0.2, 0.25) is 10.0 Å². The van der Waals surface area contributed by atoms with Crippen molar-refractivity contribution in [1.29, 1.82) is 0 Å². The molecule has 19 heavy (non-hydrogen) atoms. The predicted molar refractivity (Wildman–Crippen MR) is 83.0 cm³/mol. The molecular formula is C12H17BrN2O2S2. The molecule has 0 spiro atoms. The highest BCUT2D eigenvalue weighted by Crippen LogP contribution is 2.25. The zero-order valence-electron chi connectivity index (χ0n) is 10.6. The SMILES string of the molecule is CNCc1ccc(S(=O)(=O)NC2CCSC2)c(Br)c1. The normalized spacial score (nSPS) is 19.8. The Morgan fingerprint density at radius 1 is 1.47 bits per heavy atom. The van der Waals surface area contributed by atoms with E-state index < -0.39 is 10.0 Å². The quantitative estimate of drug-likeness (QED) is 0.838. The topological polar surface area (TPSA) is 58.2 Å². The number of rotatable bonds is 5. The summed E-state index contributed by atoms with van der Waals surface area (Å²) in [7, 11) is -1.58. The lowest BCUT2D eigenvalue weighted by atomic mass is 10.2. The van der Waals surface area contributed by atoms with Crippen LogP contribution in [0.4, 0.5) is 0 Å². The van der Waals surface area contributed by atoms with E-state index in [1.165, 1.54) is 0 Å². The molecule has 2 rings (SSSR count). The lowest BCUT2D eigenvalue weighted by Gasteiger charge is -2.13. The molecular weight excluding hydrogens is 348 g/mol. The van der Waals surface area contributed by atoms with Crippen LogP contribution in [0.2, 0.25) is 0 Å². The van der Waals surface area contributed by atoms with Crippen molar-refractivity contribution in [3.8, 4) is 0 Å². The van der Waals surface area contributed by atoms with Gasteiger partial charge in [-0.3, -0.25) is 0 Å². The monoisotopic (exact) mass is 364 g/mol. The Hall–Kier alpha value is -0.0800. The van der Waals surface area contributed by atoms with Crippen LogP contribution in [0, 0.1) is 0 Å². The van der Waals surface area contributed by atoms with E-state index in [-0.39, 0.29) is 6.04 Å². The summed E-state index contributed by atoms with van der Waals surface area (Å²) in [6, 6.07) is 5.38. The minimum absolute atomic E-state index is 0.0545. The van der Waals surface area contributed by atoms with Gasteiger partial charge in [-0.15, -0.1) is 0 Å². The molecule has 1 heterocycles. The van der Waals surface area contributed by atoms with Crippen LogP contribution in [-0.4, -0.2) is 33.0 Å². The van der Waals surface area contributed by atoms with Crippen molar-refractivity contribution in [3.05, 3.63) is 28.2 Å². The molecule has 0 aliphatic carbocycles. The largest absolute Gasteiger partial charge is 0.316 e. The van der Waals surface area contributed by atoms with Gasteiger partial charge >= 0.3 is 0 Å². The van der Waals surface area contributed by atoms with Gasteiger partial charge in [-0.25, -0.2) is 13.1 Å². The number of hydrogen-bond acceptors (Lipinski definition) is 4. The fourth-order valence-corrected chi connectivity index (χ4v) is 5.64. The van der Waals surface area contributed by atoms with E-state index in [1.54, 1.807) is 17.8 Å². The number of halogens is 1. The second-order valence-corrected chi connectivity index (χ2v) is 8.16. The molecule has 0 bridgehead atoms. The van der Waals surface area contributed by atoms with Crippen molar-refractivity contribution >= 4 is 37.7 Å². The molecule has 1 aliphatic heterocycles. The fraction of sp³-hybridized carbons (Fsp3) is 0.500. The van der Waals surface area contributed by atoms with Gasteiger partial charge in [0.1, 0.15) is 0 Å². The summed E-state index contributed by atoms with van der Waals surface area (Å²) >= 11 is 5.13. The van der Waals surface area contributed by atoms with Crippen molar-refractivity contribution in [3.63, 3.8) is 0 Å². The highest BCUT2D eigenvalue weighted by atomic mass is 79.9. The van der Waals surface area contributed by atoms with Crippen LogP contribution < -0.4 is 10.0 Å². The zero-order chi connectivity index (χ0) is 13.9. The summed E-state index contributed by atoms with van der Waals surface area (Å²) in [6.45, 7) is 0.714. The molecule has 4 nitrogen and oxygen atoms in total. The van der Waals surface area contributed by atoms with Gasteiger partial charge in [-0.05, 0) is 52.8 Å². The van der Waals surface area contributed by atoms with E-state index in [9.17, 15) is 8.42 Å². The van der Waals surface area contributed by atoms with Gasteiger partial charge in [-0.2, -0.15) is 11.8 Å². The minimum atomic E-state index is -3.44. The molecule has 0 aromatic heterocycles. The van der Waals surface area contributed by atoms with Crippen LogP contribution in [0.3, 0.4) is 0 Å². The third-order valence-electron chi connectivity index (χ3n) is 2.92. The molecule has 1 aromatic carbocycles. The van der Waals surface area contributed by atoms with Gasteiger partial charge in [0.05, 0.1) is 4.90 Å². The van der Waals surface area contributed by atoms with Gasteiger partial charge < -0.3 is 5.32 Å². The van der Waals surface area contributed by atoms with Crippen molar-refractivity contribution in [2.24, 2.45) is 0 Å². The first-order chi connectivity index (χ1) is 9.03. The first-order valence-electron chi connectivity index (χ1n) is 6.06. The first kappa shape index (κ1) is 15.3. The summed E-state index contributed by atoms with van der Waals surface area (Å²) in [5.41, 5.74) is 1.05. The standard InChI is InChI=1S/C12H17BrN2O2S2/c1-14-7-9-2-3-12(11(13)6-9)19(16,17)15-10-4-5-18-8-10/h2-3,6,10,14-15H,4-5,7-8H2,1H3. The Morgan fingerprint density at radius 2 is 2.26 bits per heavy atom. The summed E-state index contributed by atoms with van der Waals surface area (Å²) < 4.78 is 28.0. The maximum Gasteiger partial charge on any atom is 0.241 e. The lowest BCUT2D eigenvalue weighted by Crippen LogP contribution is -2.34. The molecule has 1 fully saturated rings. The smallest absolute Gasteiger partial charge is 0.241 e. The van der Waals surface area contributed by atoms with Crippen molar-refractivity contribution in [1.82, 2.24) is 10.0 Å². The van der Waals surface area contributed by atoms with Crippen molar-refractivity contribution < 1.29 is 8.42 Å². The molecule has 0 radical (unpaired) electrons. The van der Waals surface area contributed by atoms with Crippen LogP contribution in [0.5, 0.6) is 0 Å². The molecule has 0 saturated carbocycles. The zero-order valence-corrected chi connectivity index (χ0v) is 13.9. The van der Waals surface area contributed by atoms with Crippen LogP contribution >= 0.6 is 27.7 Å². The average Bonchev–Trinajstić information content (AvgIpc) is 2.81. The van der Waals surface area contributed by atoms with E-state index in [0.29, 0.717) is 15.9 Å². The summed E-state index contributed by atoms with van der Waals surface area (Å²) in [5, 5.41) is 3.04. The van der Waals surface area contributed by atoms with Crippen LogP contribution in [0.15, 0.2) is 27.6 Å². The van der Waals surface area contributed by atoms with E-state index in [1.807, 2.05) is 19.2 Å². The minimum Gasteiger partial charge on any atom is -0.316 e. The summed E-state index contributed by atoms with van der Waals surface area (Å²) in [4.78, 5) is 0.309. The molecule has 1 aromatic rings. The number of benzene rings is 1. The Kier molecular flexibility index (Phi) is 5.30. The molecule has 7 heteroatoms. The first-order valence-corrected chi connectivity index (χ1v) is 9.49. The summed E-state index contributed by atoms with van der Waals surface area (Å²) in [5.74, 6) is 1.88. The summed E-state index contributed by atoms with van der Waals surface area (Å²) in [6.07, 6.45) is 0.902. The predicted octanol–water partition coefficient (Wildman–Crippen LogP) is 1.95.